The number of allylic oxidation sites excluding steroid dienone is 4. The maximum Gasteiger partial charge on any atom is 0.303 e. The standard InChI is InChI=1S/C45H54N2O17S4/c1-6-46-35-16-14-31-33(25-29(65(50,51)52)27-37(31)67(56,57)58)42(35)44(2,3)39(46)11-10-12-40-45(4,18-20-63-23-24-64-22-21-62-5)43-34-26-30(66(53,54)55)28-38(68(59,60)61)32(34)15-17-36(43)47(40)19-9-7-8-13-41(48)49/h10-12,14-17,25-28H,6-9,13,18-24H2,1-5H3,(H4-,48,49,50,51,52,53,54,55,56,57,58,59,60,61)/p+1. The van der Waals surface area contributed by atoms with Crippen LogP contribution in [0.25, 0.3) is 21.5 Å². The summed E-state index contributed by atoms with van der Waals surface area (Å²) >= 11 is 0. The number of rotatable bonds is 22. The molecular weight excluding hydrogens is 969 g/mol. The van der Waals surface area contributed by atoms with Gasteiger partial charge in [0, 0.05) is 72.0 Å². The molecule has 0 saturated carbocycles. The summed E-state index contributed by atoms with van der Waals surface area (Å²) in [7, 11) is -18.5. The molecule has 1 atom stereocenters. The number of carboxylic acids is 1. The van der Waals surface area contributed by atoms with Crippen molar-refractivity contribution in [1.29, 1.82) is 0 Å². The molecule has 68 heavy (non-hydrogen) atoms. The van der Waals surface area contributed by atoms with Crippen LogP contribution in [0.3, 0.4) is 0 Å². The predicted molar refractivity (Wildman–Crippen MR) is 252 cm³/mol. The molecule has 0 saturated heterocycles. The Morgan fingerprint density at radius 3 is 1.76 bits per heavy atom. The third-order valence-corrected chi connectivity index (χ3v) is 15.9. The first-order valence-electron chi connectivity index (χ1n) is 21.5. The molecule has 0 amide bonds. The second-order valence-electron chi connectivity index (χ2n) is 17.2. The number of hydrogen-bond donors (Lipinski definition) is 5. The number of aliphatic carboxylic acids is 1. The highest BCUT2D eigenvalue weighted by Gasteiger charge is 2.47. The normalized spacial score (nSPS) is 18.1. The fourth-order valence-corrected chi connectivity index (χ4v) is 12.1. The molecule has 6 rings (SSSR count). The molecule has 4 aromatic carbocycles. The predicted octanol–water partition coefficient (Wildman–Crippen LogP) is 6.31. The minimum absolute atomic E-state index is 0.0170. The zero-order valence-corrected chi connectivity index (χ0v) is 41.3. The van der Waals surface area contributed by atoms with Crippen LogP contribution in [-0.4, -0.2) is 126 Å². The van der Waals surface area contributed by atoms with Crippen LogP contribution in [0.4, 0.5) is 11.4 Å². The third-order valence-electron chi connectivity index (χ3n) is 12.4. The summed E-state index contributed by atoms with van der Waals surface area (Å²) in [6, 6.07) is 9.91. The van der Waals surface area contributed by atoms with Crippen LogP contribution in [0.2, 0.25) is 0 Å². The molecule has 2 heterocycles. The zero-order valence-electron chi connectivity index (χ0n) is 38.0. The monoisotopic (exact) mass is 1020 g/mol. The average molecular weight is 1020 g/mol. The molecule has 2 aliphatic heterocycles. The van der Waals surface area contributed by atoms with Gasteiger partial charge in [0.25, 0.3) is 40.5 Å². The smallest absolute Gasteiger partial charge is 0.303 e. The van der Waals surface area contributed by atoms with E-state index in [1.165, 1.54) is 12.1 Å². The van der Waals surface area contributed by atoms with Crippen LogP contribution in [0, 0.1) is 0 Å². The molecular formula is C45H55N2O17S4+. The maximum absolute atomic E-state index is 12.8. The third kappa shape index (κ3) is 10.7. The number of unbranched alkanes of at least 4 members (excludes halogenated alkanes) is 2. The molecule has 0 aliphatic carbocycles. The largest absolute Gasteiger partial charge is 0.481 e. The van der Waals surface area contributed by atoms with Crippen molar-refractivity contribution in [2.45, 2.75) is 90.2 Å². The second kappa shape index (κ2) is 20.0. The van der Waals surface area contributed by atoms with E-state index in [1.807, 2.05) is 49.3 Å². The molecule has 19 nitrogen and oxygen atoms in total. The van der Waals surface area contributed by atoms with Gasteiger partial charge in [0.2, 0.25) is 5.69 Å². The molecule has 0 radical (unpaired) electrons. The Balaban J connectivity index is 1.55. The van der Waals surface area contributed by atoms with Gasteiger partial charge in [-0.3, -0.25) is 23.0 Å². The van der Waals surface area contributed by atoms with E-state index in [0.717, 1.165) is 12.1 Å². The highest BCUT2D eigenvalue weighted by Crippen LogP contribution is 2.54. The highest BCUT2D eigenvalue weighted by molar-refractivity contribution is 7.87. The van der Waals surface area contributed by atoms with E-state index in [1.54, 1.807) is 25.3 Å². The topological polar surface area (TPSA) is 289 Å². The molecule has 0 bridgehead atoms. The second-order valence-corrected chi connectivity index (χ2v) is 22.8. The van der Waals surface area contributed by atoms with E-state index in [9.17, 15) is 61.8 Å². The van der Waals surface area contributed by atoms with Crippen molar-refractivity contribution in [3.63, 3.8) is 0 Å². The van der Waals surface area contributed by atoms with Gasteiger partial charge in [0.05, 0.1) is 41.6 Å². The summed E-state index contributed by atoms with van der Waals surface area (Å²) in [5.41, 5.74) is 1.34. The number of fused-ring (bicyclic) bond motifs is 6. The number of carbonyl (C=O) groups is 1. The van der Waals surface area contributed by atoms with Gasteiger partial charge in [0.1, 0.15) is 16.3 Å². The molecule has 0 spiro atoms. The van der Waals surface area contributed by atoms with E-state index in [0.29, 0.717) is 91.6 Å². The Hall–Kier alpha value is -4.66. The Morgan fingerprint density at radius 1 is 0.691 bits per heavy atom. The van der Waals surface area contributed by atoms with Gasteiger partial charge < -0.3 is 24.2 Å². The fourth-order valence-electron chi connectivity index (χ4n) is 9.39. The number of carboxylic acid groups (broad SMARTS) is 1. The van der Waals surface area contributed by atoms with Crippen LogP contribution >= 0.6 is 0 Å². The van der Waals surface area contributed by atoms with E-state index < -0.39 is 76.9 Å². The summed E-state index contributed by atoms with van der Waals surface area (Å²) in [6.07, 6.45) is 6.99. The van der Waals surface area contributed by atoms with Crippen molar-refractivity contribution in [2.75, 3.05) is 58.1 Å². The lowest BCUT2D eigenvalue weighted by atomic mass is 9.76. The van der Waals surface area contributed by atoms with E-state index >= 15 is 0 Å². The highest BCUT2D eigenvalue weighted by atomic mass is 32.2. The Labute approximate surface area is 395 Å². The van der Waals surface area contributed by atoms with Gasteiger partial charge in [0.15, 0.2) is 5.71 Å². The zero-order chi connectivity index (χ0) is 50.2. The average Bonchev–Trinajstić information content (AvgIpc) is 3.61. The Morgan fingerprint density at radius 2 is 1.24 bits per heavy atom. The summed E-state index contributed by atoms with van der Waals surface area (Å²) in [5, 5.41) is 9.59. The molecule has 2 aliphatic rings. The van der Waals surface area contributed by atoms with Gasteiger partial charge in [-0.05, 0) is 106 Å². The summed E-state index contributed by atoms with van der Waals surface area (Å²) in [4.78, 5) is 10.4. The van der Waals surface area contributed by atoms with Crippen molar-refractivity contribution >= 4 is 85.1 Å². The number of anilines is 1. The molecule has 5 N–H and O–H groups in total. The first-order valence-corrected chi connectivity index (χ1v) is 27.2. The lowest BCUT2D eigenvalue weighted by Crippen LogP contribution is -2.31. The van der Waals surface area contributed by atoms with Crippen LogP contribution < -0.4 is 4.90 Å². The molecule has 370 valence electrons. The summed E-state index contributed by atoms with van der Waals surface area (Å²) < 4.78 is 160. The van der Waals surface area contributed by atoms with Gasteiger partial charge >= 0.3 is 5.97 Å². The minimum atomic E-state index is -5.06. The quantitative estimate of drug-likeness (QED) is 0.0327. The fraction of sp³-hybridized carbons (Fsp3) is 0.422. The van der Waals surface area contributed by atoms with E-state index in [-0.39, 0.29) is 54.2 Å². The number of methoxy groups -OCH3 is 1. The van der Waals surface area contributed by atoms with Crippen LogP contribution in [0.5, 0.6) is 0 Å². The lowest BCUT2D eigenvalue weighted by molar-refractivity contribution is -0.433. The first-order chi connectivity index (χ1) is 31.7. The minimum Gasteiger partial charge on any atom is -0.481 e. The number of hydrogen-bond acceptors (Lipinski definition) is 13. The van der Waals surface area contributed by atoms with Crippen LogP contribution in [0.1, 0.15) is 70.9 Å². The van der Waals surface area contributed by atoms with E-state index in [4.69, 9.17) is 14.2 Å². The Bertz CT molecular complexity index is 3220. The van der Waals surface area contributed by atoms with E-state index in [2.05, 4.69) is 0 Å². The number of nitrogens with zero attached hydrogens (tertiary/aromatic N) is 2. The van der Waals surface area contributed by atoms with Crippen molar-refractivity contribution in [3.05, 3.63) is 83.6 Å². The SMILES string of the molecule is CC[N+]1=C(/C=C/C=C2/N(CCCCCC(=O)O)c3ccc4c(S(=O)(=O)O)cc(S(=O)(=O)O)cc4c3C2(C)CCOCCOCCOC)C(C)(C)c2c1ccc1c(S(=O)(=O)O)cc(S(=O)(=O)O)cc21. The van der Waals surface area contributed by atoms with Crippen molar-refractivity contribution in [2.24, 2.45) is 0 Å². The summed E-state index contributed by atoms with van der Waals surface area (Å²) in [6.45, 7) is 9.43. The van der Waals surface area contributed by atoms with Crippen LogP contribution in [-0.2, 0) is 70.3 Å². The van der Waals surface area contributed by atoms with Crippen molar-refractivity contribution in [3.8, 4) is 0 Å². The Kier molecular flexibility index (Phi) is 15.5. The van der Waals surface area contributed by atoms with Crippen LogP contribution in [0.15, 0.2) is 92.0 Å². The molecule has 23 heteroatoms. The number of benzene rings is 4. The number of ether oxygens (including phenoxy) is 3. The molecule has 0 aromatic heterocycles. The maximum atomic E-state index is 12.8. The van der Waals surface area contributed by atoms with Gasteiger partial charge in [-0.25, -0.2) is 0 Å². The lowest BCUT2D eigenvalue weighted by Gasteiger charge is -2.31. The van der Waals surface area contributed by atoms with Crippen molar-refractivity contribution < 1.29 is 80.6 Å². The summed E-state index contributed by atoms with van der Waals surface area (Å²) in [5.74, 6) is -0.948. The van der Waals surface area contributed by atoms with Gasteiger partial charge in [-0.15, -0.1) is 0 Å². The molecule has 4 aromatic rings. The first kappa shape index (κ1) is 52.7. The molecule has 1 unspecified atom stereocenters. The van der Waals surface area contributed by atoms with Crippen molar-refractivity contribution in [1.82, 2.24) is 0 Å². The molecule has 0 fully saturated rings. The van der Waals surface area contributed by atoms with Gasteiger partial charge in [-0.1, -0.05) is 18.6 Å². The van der Waals surface area contributed by atoms with Gasteiger partial charge in [-0.2, -0.15) is 38.2 Å².